The number of hydrogen-bond donors (Lipinski definition) is 1. The Labute approximate surface area is 179 Å². The lowest BCUT2D eigenvalue weighted by Gasteiger charge is -2.12. The van der Waals surface area contributed by atoms with Gasteiger partial charge in [-0.25, -0.2) is 9.78 Å². The molecular formula is C23H23N3O5. The summed E-state index contributed by atoms with van der Waals surface area (Å²) < 4.78 is 11.7. The first-order valence-corrected chi connectivity index (χ1v) is 9.64. The lowest BCUT2D eigenvalue weighted by molar-refractivity contribution is -0.148. The van der Waals surface area contributed by atoms with Gasteiger partial charge >= 0.3 is 5.97 Å². The van der Waals surface area contributed by atoms with Gasteiger partial charge in [-0.2, -0.15) is 0 Å². The zero-order valence-corrected chi connectivity index (χ0v) is 17.5. The molecule has 8 heteroatoms. The van der Waals surface area contributed by atoms with E-state index in [1.54, 1.807) is 49.7 Å². The summed E-state index contributed by atoms with van der Waals surface area (Å²) in [5, 5.41) is 2.54. The number of amides is 1. The summed E-state index contributed by atoms with van der Waals surface area (Å²) in [4.78, 5) is 40.8. The van der Waals surface area contributed by atoms with Crippen molar-refractivity contribution in [3.8, 4) is 5.75 Å². The van der Waals surface area contributed by atoms with E-state index in [1.165, 1.54) is 23.5 Å². The van der Waals surface area contributed by atoms with E-state index in [2.05, 4.69) is 10.3 Å². The van der Waals surface area contributed by atoms with Crippen molar-refractivity contribution in [2.24, 2.45) is 0 Å². The second kappa shape index (κ2) is 9.71. The van der Waals surface area contributed by atoms with E-state index in [-0.39, 0.29) is 12.2 Å². The first kappa shape index (κ1) is 21.8. The molecule has 0 aliphatic rings. The van der Waals surface area contributed by atoms with Gasteiger partial charge < -0.3 is 14.8 Å². The molecule has 1 N–H and O–H groups in total. The molecular weight excluding hydrogens is 398 g/mol. The Morgan fingerprint density at radius 3 is 2.65 bits per heavy atom. The highest BCUT2D eigenvalue weighted by molar-refractivity contribution is 5.94. The molecule has 1 unspecified atom stereocenters. The third-order valence-electron chi connectivity index (χ3n) is 4.48. The van der Waals surface area contributed by atoms with Gasteiger partial charge in [-0.1, -0.05) is 18.2 Å². The van der Waals surface area contributed by atoms with Gasteiger partial charge in [-0.3, -0.25) is 14.0 Å². The van der Waals surface area contributed by atoms with Gasteiger partial charge in [0, 0.05) is 18.3 Å². The highest BCUT2D eigenvalue weighted by Gasteiger charge is 2.16. The average molecular weight is 421 g/mol. The van der Waals surface area contributed by atoms with Crippen LogP contribution in [-0.4, -0.2) is 34.4 Å². The number of carbonyl (C=O) groups excluding carboxylic acids is 2. The molecule has 0 spiro atoms. The highest BCUT2D eigenvalue weighted by Crippen LogP contribution is 2.12. The summed E-state index contributed by atoms with van der Waals surface area (Å²) in [6.45, 7) is 3.23. The molecule has 31 heavy (non-hydrogen) atoms. The summed E-state index contributed by atoms with van der Waals surface area (Å²) in [5.41, 5.74) is 2.29. The van der Waals surface area contributed by atoms with Crippen molar-refractivity contribution in [3.05, 3.63) is 81.9 Å². The summed E-state index contributed by atoms with van der Waals surface area (Å²) in [7, 11) is 1.58. The molecule has 2 heterocycles. The zero-order chi connectivity index (χ0) is 22.4. The number of nitrogens with one attached hydrogen (secondary N) is 1. The van der Waals surface area contributed by atoms with Crippen molar-refractivity contribution in [2.75, 3.05) is 7.11 Å². The Morgan fingerprint density at radius 2 is 1.94 bits per heavy atom. The number of aryl methyl sites for hydroxylation is 1. The summed E-state index contributed by atoms with van der Waals surface area (Å²) in [6.07, 6.45) is 4.65. The van der Waals surface area contributed by atoms with Crippen LogP contribution in [0.1, 0.15) is 23.7 Å². The lowest BCUT2D eigenvalue weighted by Crippen LogP contribution is -2.38. The number of fused-ring (bicyclic) bond motifs is 1. The number of benzene rings is 1. The fourth-order valence-corrected chi connectivity index (χ4v) is 2.81. The monoisotopic (exact) mass is 421 g/mol. The molecule has 0 aliphatic heterocycles. The molecule has 160 valence electrons. The molecule has 0 radical (unpaired) electrons. The third-order valence-corrected chi connectivity index (χ3v) is 4.48. The normalized spacial score (nSPS) is 12.0. The second-order valence-corrected chi connectivity index (χ2v) is 6.96. The smallest absolute Gasteiger partial charge is 0.328 e. The fraction of sp³-hybridized carbons (Fsp3) is 0.217. The van der Waals surface area contributed by atoms with E-state index >= 15 is 0 Å². The van der Waals surface area contributed by atoms with Crippen LogP contribution in [0.4, 0.5) is 0 Å². The highest BCUT2D eigenvalue weighted by atomic mass is 16.5. The molecule has 0 saturated carbocycles. The maximum Gasteiger partial charge on any atom is 0.328 e. The largest absolute Gasteiger partial charge is 0.497 e. The van der Waals surface area contributed by atoms with Crippen LogP contribution >= 0.6 is 0 Å². The van der Waals surface area contributed by atoms with E-state index in [0.717, 1.165) is 16.9 Å². The van der Waals surface area contributed by atoms with Crippen molar-refractivity contribution in [2.45, 2.75) is 26.5 Å². The number of hydrogen-bond acceptors (Lipinski definition) is 6. The van der Waals surface area contributed by atoms with Gasteiger partial charge in [0.25, 0.3) is 5.56 Å². The number of esters is 1. The number of nitrogens with zero attached hydrogens (tertiary/aromatic N) is 2. The predicted molar refractivity (Wildman–Crippen MR) is 116 cm³/mol. The predicted octanol–water partition coefficient (Wildman–Crippen LogP) is 2.27. The fourth-order valence-electron chi connectivity index (χ4n) is 2.81. The lowest BCUT2D eigenvalue weighted by atomic mass is 10.2. The quantitative estimate of drug-likeness (QED) is 0.464. The van der Waals surface area contributed by atoms with Gasteiger partial charge in [0.1, 0.15) is 24.0 Å². The van der Waals surface area contributed by atoms with E-state index in [9.17, 15) is 14.4 Å². The Bertz CT molecular complexity index is 1180. The number of pyridine rings is 1. The van der Waals surface area contributed by atoms with Crippen LogP contribution in [0.5, 0.6) is 5.75 Å². The van der Waals surface area contributed by atoms with Crippen molar-refractivity contribution in [3.63, 3.8) is 0 Å². The maximum absolute atomic E-state index is 12.2. The minimum atomic E-state index is -0.864. The molecule has 0 fully saturated rings. The topological polar surface area (TPSA) is 99.0 Å². The SMILES string of the molecule is COc1ccc(/C=C/C(=O)NC(C)C(=O)OCc2cc(=O)n3cc(C)ccc3n2)cc1. The molecule has 2 aromatic heterocycles. The number of ether oxygens (including phenoxy) is 2. The van der Waals surface area contributed by atoms with Crippen LogP contribution in [0.3, 0.4) is 0 Å². The summed E-state index contributed by atoms with van der Waals surface area (Å²) in [5.74, 6) is -0.341. The molecule has 3 rings (SSSR count). The van der Waals surface area contributed by atoms with Gasteiger partial charge in [-0.05, 0) is 49.2 Å². The molecule has 1 aromatic carbocycles. The van der Waals surface area contributed by atoms with Crippen LogP contribution in [0.15, 0.2) is 59.5 Å². The number of methoxy groups -OCH3 is 1. The maximum atomic E-state index is 12.2. The van der Waals surface area contributed by atoms with Gasteiger partial charge in [0.05, 0.1) is 12.8 Å². The third kappa shape index (κ3) is 5.79. The first-order valence-electron chi connectivity index (χ1n) is 9.64. The summed E-state index contributed by atoms with van der Waals surface area (Å²) >= 11 is 0. The summed E-state index contributed by atoms with van der Waals surface area (Å²) in [6, 6.07) is 11.2. The van der Waals surface area contributed by atoms with Crippen LogP contribution < -0.4 is 15.6 Å². The van der Waals surface area contributed by atoms with Crippen molar-refractivity contribution in [1.82, 2.24) is 14.7 Å². The van der Waals surface area contributed by atoms with Crippen LogP contribution in [0.25, 0.3) is 11.7 Å². The molecule has 0 bridgehead atoms. The Kier molecular flexibility index (Phi) is 6.81. The number of carbonyl (C=O) groups is 2. The van der Waals surface area contributed by atoms with Gasteiger partial charge in [0.15, 0.2) is 0 Å². The van der Waals surface area contributed by atoms with Gasteiger partial charge in [-0.15, -0.1) is 0 Å². The van der Waals surface area contributed by atoms with Gasteiger partial charge in [0.2, 0.25) is 5.91 Å². The molecule has 8 nitrogen and oxygen atoms in total. The van der Waals surface area contributed by atoms with Crippen LogP contribution in [0, 0.1) is 6.92 Å². The van der Waals surface area contributed by atoms with Crippen LogP contribution in [-0.2, 0) is 20.9 Å². The van der Waals surface area contributed by atoms with E-state index in [4.69, 9.17) is 9.47 Å². The minimum Gasteiger partial charge on any atom is -0.497 e. The van der Waals surface area contributed by atoms with E-state index in [1.807, 2.05) is 13.0 Å². The molecule has 1 amide bonds. The minimum absolute atomic E-state index is 0.166. The zero-order valence-electron chi connectivity index (χ0n) is 17.5. The van der Waals surface area contributed by atoms with Crippen molar-refractivity contribution < 1.29 is 19.1 Å². The second-order valence-electron chi connectivity index (χ2n) is 6.96. The molecule has 1 atom stereocenters. The van der Waals surface area contributed by atoms with Crippen LogP contribution in [0.2, 0.25) is 0 Å². The van der Waals surface area contributed by atoms with E-state index in [0.29, 0.717) is 11.3 Å². The Hall–Kier alpha value is -3.94. The van der Waals surface area contributed by atoms with E-state index < -0.39 is 17.9 Å². The Balaban J connectivity index is 1.54. The molecule has 0 saturated heterocycles. The van der Waals surface area contributed by atoms with Crippen molar-refractivity contribution >= 4 is 23.6 Å². The number of aromatic nitrogens is 2. The molecule has 0 aliphatic carbocycles. The molecule has 3 aromatic rings. The standard InChI is InChI=1S/C23H23N3O5/c1-15-4-10-20-25-18(12-22(28)26(20)13-15)14-31-23(29)16(2)24-21(27)11-7-17-5-8-19(30-3)9-6-17/h4-13,16H,14H2,1-3H3,(H,24,27)/b11-7+. The average Bonchev–Trinajstić information content (AvgIpc) is 2.76. The first-order chi connectivity index (χ1) is 14.9. The Morgan fingerprint density at radius 1 is 1.19 bits per heavy atom. The number of rotatable bonds is 7. The van der Waals surface area contributed by atoms with Crippen molar-refractivity contribution in [1.29, 1.82) is 0 Å².